The van der Waals surface area contributed by atoms with Gasteiger partial charge >= 0.3 is 11.9 Å². The fourth-order valence-electron chi connectivity index (χ4n) is 3.59. The number of rotatable bonds is 5. The van der Waals surface area contributed by atoms with E-state index in [9.17, 15) is 14.4 Å². The fraction of sp³-hybridized carbons (Fsp3) is 0.381. The molecule has 0 saturated carbocycles. The van der Waals surface area contributed by atoms with Crippen molar-refractivity contribution in [1.29, 1.82) is 0 Å². The normalized spacial score (nSPS) is 13.8. The van der Waals surface area contributed by atoms with Crippen LogP contribution >= 0.6 is 0 Å². The number of methoxy groups -OCH3 is 1. The maximum Gasteiger partial charge on any atom is 0.339 e. The first-order chi connectivity index (χ1) is 12.8. The van der Waals surface area contributed by atoms with Gasteiger partial charge in [0.05, 0.1) is 23.9 Å². The van der Waals surface area contributed by atoms with E-state index in [1.807, 2.05) is 12.1 Å². The van der Waals surface area contributed by atoms with Crippen molar-refractivity contribution in [1.82, 2.24) is 4.98 Å². The van der Waals surface area contributed by atoms with Gasteiger partial charge in [0.25, 0.3) is 0 Å². The van der Waals surface area contributed by atoms with Gasteiger partial charge in [-0.3, -0.25) is 4.79 Å². The van der Waals surface area contributed by atoms with Gasteiger partial charge in [-0.1, -0.05) is 6.07 Å². The minimum Gasteiger partial charge on any atom is -0.465 e. The molecule has 1 N–H and O–H groups in total. The highest BCUT2D eigenvalue weighted by atomic mass is 16.5. The lowest BCUT2D eigenvalue weighted by Crippen LogP contribution is -2.25. The molecule has 0 radical (unpaired) electrons. The molecule has 1 heterocycles. The number of ketones is 1. The number of aromatic nitrogens is 1. The number of hydrogen-bond donors (Lipinski definition) is 1. The van der Waals surface area contributed by atoms with Crippen LogP contribution in [0.5, 0.6) is 0 Å². The number of carbonyl (C=O) groups excluding carboxylic acids is 3. The third kappa shape index (κ3) is 3.52. The van der Waals surface area contributed by atoms with Crippen LogP contribution in [0.3, 0.4) is 0 Å². The Kier molecular flexibility index (Phi) is 5.17. The predicted octanol–water partition coefficient (Wildman–Crippen LogP) is 3.34. The molecule has 6 nitrogen and oxygen atoms in total. The second kappa shape index (κ2) is 7.39. The van der Waals surface area contributed by atoms with Gasteiger partial charge in [0.2, 0.25) is 5.78 Å². The van der Waals surface area contributed by atoms with Crippen LogP contribution in [-0.2, 0) is 22.3 Å². The molecule has 0 spiro atoms. The first kappa shape index (κ1) is 18.9. The Balaban J connectivity index is 1.76. The highest BCUT2D eigenvalue weighted by molar-refractivity contribution is 6.04. The van der Waals surface area contributed by atoms with Gasteiger partial charge in [-0.05, 0) is 68.9 Å². The van der Waals surface area contributed by atoms with Crippen LogP contribution in [0, 0.1) is 13.8 Å². The average Bonchev–Trinajstić information content (AvgIpc) is 3.23. The van der Waals surface area contributed by atoms with Gasteiger partial charge in [-0.2, -0.15) is 0 Å². The summed E-state index contributed by atoms with van der Waals surface area (Å²) in [5.41, 5.74) is 4.50. The van der Waals surface area contributed by atoms with Crippen molar-refractivity contribution in [3.63, 3.8) is 0 Å². The molecule has 0 amide bonds. The van der Waals surface area contributed by atoms with Crippen molar-refractivity contribution in [3.05, 3.63) is 57.4 Å². The number of aromatic amines is 1. The fourth-order valence-corrected chi connectivity index (χ4v) is 3.59. The molecule has 0 aliphatic heterocycles. The average molecular weight is 369 g/mol. The number of Topliss-reactive ketones (excluding diaryl/α,β-unsaturated/α-hetero) is 1. The molecule has 1 aromatic heterocycles. The third-order valence-corrected chi connectivity index (χ3v) is 5.06. The van der Waals surface area contributed by atoms with Crippen molar-refractivity contribution in [2.75, 3.05) is 7.11 Å². The Morgan fingerprint density at radius 3 is 2.48 bits per heavy atom. The molecule has 1 aromatic carbocycles. The zero-order valence-corrected chi connectivity index (χ0v) is 16.0. The van der Waals surface area contributed by atoms with E-state index >= 15 is 0 Å². The molecule has 0 unspecified atom stereocenters. The highest BCUT2D eigenvalue weighted by Crippen LogP contribution is 2.24. The highest BCUT2D eigenvalue weighted by Gasteiger charge is 2.28. The lowest BCUT2D eigenvalue weighted by Gasteiger charge is -2.13. The van der Waals surface area contributed by atoms with E-state index in [4.69, 9.17) is 9.47 Å². The Morgan fingerprint density at radius 1 is 1.07 bits per heavy atom. The summed E-state index contributed by atoms with van der Waals surface area (Å²) in [6, 6.07) is 5.54. The Morgan fingerprint density at radius 2 is 1.78 bits per heavy atom. The molecule has 2 aromatic rings. The summed E-state index contributed by atoms with van der Waals surface area (Å²) in [6.45, 7) is 4.89. The van der Waals surface area contributed by atoms with E-state index in [-0.39, 0.29) is 11.5 Å². The molecule has 27 heavy (non-hydrogen) atoms. The maximum absolute atomic E-state index is 12.7. The summed E-state index contributed by atoms with van der Waals surface area (Å²) in [5.74, 6) is -1.43. The monoisotopic (exact) mass is 369 g/mol. The summed E-state index contributed by atoms with van der Waals surface area (Å²) in [5, 5.41) is 0. The van der Waals surface area contributed by atoms with Crippen LogP contribution < -0.4 is 0 Å². The van der Waals surface area contributed by atoms with Crippen LogP contribution in [0.1, 0.15) is 66.9 Å². The largest absolute Gasteiger partial charge is 0.465 e. The number of hydrogen-bond acceptors (Lipinski definition) is 5. The second-order valence-electron chi connectivity index (χ2n) is 6.87. The van der Waals surface area contributed by atoms with Gasteiger partial charge in [0, 0.05) is 5.69 Å². The van der Waals surface area contributed by atoms with E-state index in [1.165, 1.54) is 25.2 Å². The number of esters is 2. The van der Waals surface area contributed by atoms with Crippen molar-refractivity contribution >= 4 is 17.7 Å². The summed E-state index contributed by atoms with van der Waals surface area (Å²) in [7, 11) is 1.29. The predicted molar refractivity (Wildman–Crippen MR) is 99.3 cm³/mol. The molecule has 1 aliphatic carbocycles. The van der Waals surface area contributed by atoms with E-state index in [0.29, 0.717) is 22.4 Å². The van der Waals surface area contributed by atoms with E-state index in [2.05, 4.69) is 4.98 Å². The molecule has 142 valence electrons. The molecule has 3 rings (SSSR count). The summed E-state index contributed by atoms with van der Waals surface area (Å²) < 4.78 is 10.1. The zero-order chi connectivity index (χ0) is 19.7. The first-order valence-corrected chi connectivity index (χ1v) is 8.98. The number of benzene rings is 1. The second-order valence-corrected chi connectivity index (χ2v) is 6.87. The van der Waals surface area contributed by atoms with Crippen molar-refractivity contribution in [2.45, 2.75) is 46.1 Å². The number of aryl methyl sites for hydroxylation is 3. The van der Waals surface area contributed by atoms with E-state index in [0.717, 1.165) is 19.3 Å². The Bertz CT molecular complexity index is 925. The number of carbonyl (C=O) groups is 3. The molecular formula is C21H23NO5. The summed E-state index contributed by atoms with van der Waals surface area (Å²) in [6.07, 6.45) is 2.11. The molecule has 1 aliphatic rings. The number of fused-ring (bicyclic) bond motifs is 1. The van der Waals surface area contributed by atoms with Crippen LogP contribution in [-0.4, -0.2) is 35.9 Å². The van der Waals surface area contributed by atoms with Crippen molar-refractivity contribution < 1.29 is 23.9 Å². The van der Waals surface area contributed by atoms with Crippen LogP contribution in [0.2, 0.25) is 0 Å². The van der Waals surface area contributed by atoms with Crippen LogP contribution in [0.25, 0.3) is 0 Å². The van der Waals surface area contributed by atoms with Crippen molar-refractivity contribution in [3.8, 4) is 0 Å². The minimum atomic E-state index is -0.979. The molecule has 6 heteroatoms. The zero-order valence-electron chi connectivity index (χ0n) is 16.0. The maximum atomic E-state index is 12.7. The van der Waals surface area contributed by atoms with Gasteiger partial charge in [0.1, 0.15) is 0 Å². The lowest BCUT2D eigenvalue weighted by molar-refractivity contribution is 0.0316. The van der Waals surface area contributed by atoms with Crippen LogP contribution in [0.4, 0.5) is 0 Å². The Labute approximate surface area is 157 Å². The topological polar surface area (TPSA) is 85.5 Å². The summed E-state index contributed by atoms with van der Waals surface area (Å²) >= 11 is 0. The van der Waals surface area contributed by atoms with Gasteiger partial charge in [-0.15, -0.1) is 0 Å². The first-order valence-electron chi connectivity index (χ1n) is 8.98. The minimum absolute atomic E-state index is 0.252. The number of H-pyrrole nitrogens is 1. The molecule has 0 fully saturated rings. The summed E-state index contributed by atoms with van der Waals surface area (Å²) in [4.78, 5) is 40.0. The van der Waals surface area contributed by atoms with Crippen molar-refractivity contribution in [2.24, 2.45) is 0 Å². The van der Waals surface area contributed by atoms with E-state index in [1.54, 1.807) is 19.9 Å². The SMILES string of the molecule is COC(=O)c1c(C)[nH]c(C(=O)[C@@H](C)OC(=O)c2ccc3c(c2)CCC3)c1C. The van der Waals surface area contributed by atoms with Gasteiger partial charge in [0.15, 0.2) is 6.10 Å². The van der Waals surface area contributed by atoms with Gasteiger partial charge < -0.3 is 14.5 Å². The number of nitrogens with one attached hydrogen (secondary N) is 1. The molecular weight excluding hydrogens is 346 g/mol. The van der Waals surface area contributed by atoms with E-state index < -0.39 is 18.0 Å². The lowest BCUT2D eigenvalue weighted by atomic mass is 10.1. The van der Waals surface area contributed by atoms with Gasteiger partial charge in [-0.25, -0.2) is 9.59 Å². The quantitative estimate of drug-likeness (QED) is 0.645. The molecule has 1 atom stereocenters. The molecule has 0 bridgehead atoms. The Hall–Kier alpha value is -2.89. The standard InChI is InChI=1S/C21H23NO5/c1-11-17(21(25)26-4)12(2)22-18(11)19(23)13(3)27-20(24)16-9-8-14-6-5-7-15(14)10-16/h8-10,13,22H,5-7H2,1-4H3/t13-/m1/s1. The number of ether oxygens (including phenoxy) is 2. The molecule has 0 saturated heterocycles. The third-order valence-electron chi connectivity index (χ3n) is 5.06. The van der Waals surface area contributed by atoms with Crippen LogP contribution in [0.15, 0.2) is 18.2 Å². The smallest absolute Gasteiger partial charge is 0.339 e.